The molecule has 0 saturated carbocycles. The normalized spacial score (nSPS) is 20.3. The van der Waals surface area contributed by atoms with E-state index < -0.39 is 44.4 Å². The fourth-order valence-electron chi connectivity index (χ4n) is 4.52. The van der Waals surface area contributed by atoms with Crippen LogP contribution in [0.1, 0.15) is 40.8 Å². The van der Waals surface area contributed by atoms with Crippen LogP contribution in [0.25, 0.3) is 6.08 Å². The lowest BCUT2D eigenvalue weighted by molar-refractivity contribution is -0.121. The zero-order valence-corrected chi connectivity index (χ0v) is 22.9. The van der Waals surface area contributed by atoms with Crippen LogP contribution in [0.15, 0.2) is 89.0 Å². The van der Waals surface area contributed by atoms with Gasteiger partial charge in [0, 0.05) is 24.6 Å². The number of rotatable bonds is 5. The smallest absolute Gasteiger partial charge is 0.489 e. The number of ether oxygens (including phenoxy) is 1. The highest BCUT2D eigenvalue weighted by atomic mass is 32.3. The second-order valence-electron chi connectivity index (χ2n) is 9.28. The van der Waals surface area contributed by atoms with Crippen molar-refractivity contribution >= 4 is 39.7 Å². The third kappa shape index (κ3) is 5.73. The molecule has 0 aromatic heterocycles. The minimum atomic E-state index is -5.99. The van der Waals surface area contributed by atoms with Gasteiger partial charge >= 0.3 is 15.5 Å². The lowest BCUT2D eigenvalue weighted by Crippen LogP contribution is -2.39. The molecule has 2 aromatic carbocycles. The van der Waals surface area contributed by atoms with Crippen molar-refractivity contribution in [2.75, 3.05) is 0 Å². The molecule has 6 nitrogen and oxygen atoms in total. The summed E-state index contributed by atoms with van der Waals surface area (Å²) in [4.78, 5) is 16.7. The number of hydrogen-bond donors (Lipinski definition) is 0. The van der Waals surface area contributed by atoms with Gasteiger partial charge in [0.25, 0.3) is 0 Å². The Labute approximate surface area is 236 Å². The van der Waals surface area contributed by atoms with E-state index in [0.717, 1.165) is 19.1 Å². The maximum atomic E-state index is 13.7. The summed E-state index contributed by atoms with van der Waals surface area (Å²) >= 11 is 0.236. The van der Waals surface area contributed by atoms with Gasteiger partial charge in [-0.3, -0.25) is 9.79 Å². The van der Waals surface area contributed by atoms with Gasteiger partial charge in [0.2, 0.25) is 5.91 Å². The molecule has 13 heteroatoms. The summed E-state index contributed by atoms with van der Waals surface area (Å²) in [5, 5.41) is -1.05. The van der Waals surface area contributed by atoms with Gasteiger partial charge in [0.1, 0.15) is 12.4 Å². The number of aliphatic imine (C=N–C) groups is 1. The largest absolute Gasteiger partial charge is 0.517 e. The number of sulfonamides is 1. The van der Waals surface area contributed by atoms with E-state index in [-0.39, 0.29) is 22.3 Å². The number of allylic oxidation sites excluding steroid dienone is 4. The first-order valence-electron chi connectivity index (χ1n) is 12.2. The van der Waals surface area contributed by atoms with Crippen LogP contribution < -0.4 is 4.74 Å². The first kappa shape index (κ1) is 28.8. The molecule has 1 amide bonds. The van der Waals surface area contributed by atoms with Crippen LogP contribution in [-0.4, -0.2) is 35.3 Å². The number of carbonyl (C=O) groups is 1. The molecule has 0 bridgehead atoms. The number of halogens is 5. The van der Waals surface area contributed by atoms with Crippen molar-refractivity contribution in [3.8, 4) is 5.75 Å². The number of alkyl halides is 3. The van der Waals surface area contributed by atoms with Crippen molar-refractivity contribution in [3.63, 3.8) is 0 Å². The van der Waals surface area contributed by atoms with E-state index in [1.54, 1.807) is 60.7 Å². The first-order valence-corrected chi connectivity index (χ1v) is 14.5. The highest BCUT2D eigenvalue weighted by molar-refractivity contribution is 8.09. The molecule has 214 valence electrons. The quantitative estimate of drug-likeness (QED) is 0.273. The van der Waals surface area contributed by atoms with Gasteiger partial charge in [-0.2, -0.15) is 25.3 Å². The molecule has 41 heavy (non-hydrogen) atoms. The van der Waals surface area contributed by atoms with E-state index in [4.69, 9.17) is 4.74 Å². The van der Waals surface area contributed by atoms with Crippen LogP contribution in [0.3, 0.4) is 0 Å². The van der Waals surface area contributed by atoms with Crippen molar-refractivity contribution in [1.29, 1.82) is 0 Å². The number of dihydropyridines is 1. The van der Waals surface area contributed by atoms with E-state index in [1.165, 1.54) is 0 Å². The lowest BCUT2D eigenvalue weighted by atomic mass is 9.95. The highest BCUT2D eigenvalue weighted by Gasteiger charge is 2.52. The molecule has 2 unspecified atom stereocenters. The Morgan fingerprint density at radius 2 is 1.85 bits per heavy atom. The Morgan fingerprint density at radius 3 is 2.59 bits per heavy atom. The van der Waals surface area contributed by atoms with Crippen molar-refractivity contribution in [1.82, 2.24) is 3.71 Å². The average molecular weight is 609 g/mol. The fourth-order valence-corrected chi connectivity index (χ4v) is 6.99. The fraction of sp³-hybridized carbons (Fsp3) is 0.214. The molecular formula is C28H21F5N2O4S2. The molecule has 0 fully saturated rings. The number of carbonyl (C=O) groups excluding carboxylic acids is 1. The molecule has 0 saturated heterocycles. The zero-order valence-electron chi connectivity index (χ0n) is 21.2. The van der Waals surface area contributed by atoms with E-state index in [0.29, 0.717) is 45.7 Å². The van der Waals surface area contributed by atoms with E-state index in [1.807, 2.05) is 0 Å². The molecular weight excluding hydrogens is 587 g/mol. The Kier molecular flexibility index (Phi) is 7.68. The van der Waals surface area contributed by atoms with E-state index in [9.17, 15) is 35.2 Å². The van der Waals surface area contributed by atoms with Gasteiger partial charge in [0.05, 0.1) is 11.3 Å². The van der Waals surface area contributed by atoms with Gasteiger partial charge in [-0.15, -0.1) is 0 Å². The Balaban J connectivity index is 1.51. The number of amides is 1. The molecule has 2 atom stereocenters. The lowest BCUT2D eigenvalue weighted by Gasteiger charge is -2.26. The van der Waals surface area contributed by atoms with Crippen LogP contribution in [0.4, 0.5) is 22.0 Å². The first-order chi connectivity index (χ1) is 19.3. The summed E-state index contributed by atoms with van der Waals surface area (Å²) in [5.74, 6) is -2.93. The summed E-state index contributed by atoms with van der Waals surface area (Å²) in [5.41, 5.74) is -2.51. The maximum Gasteiger partial charge on any atom is 0.517 e. The highest BCUT2D eigenvalue weighted by Crippen LogP contribution is 2.48. The minimum absolute atomic E-state index is 0.0769. The van der Waals surface area contributed by atoms with Crippen LogP contribution >= 0.6 is 11.9 Å². The molecule has 0 N–H and O–H groups in total. The molecule has 2 aliphatic heterocycles. The minimum Gasteiger partial charge on any atom is -0.489 e. The maximum absolute atomic E-state index is 13.7. The third-order valence-corrected chi connectivity index (χ3v) is 9.79. The summed E-state index contributed by atoms with van der Waals surface area (Å²) < 4.78 is 97.9. The Hall–Kier alpha value is -3.71. The SMILES string of the molecule is CC(=O)N(SC1c2ccccc2COc2ccc(C=CC3=NC4C=C(F)C(F)=CC4=CC3)cc21)S(=O)(=O)C(F)(F)F. The molecule has 2 aromatic rings. The number of nitrogens with zero attached hydrogens (tertiary/aromatic N) is 2. The summed E-state index contributed by atoms with van der Waals surface area (Å²) in [6, 6.07) is 11.0. The summed E-state index contributed by atoms with van der Waals surface area (Å²) in [6.07, 6.45) is 7.67. The van der Waals surface area contributed by atoms with Crippen molar-refractivity contribution in [2.45, 2.75) is 36.8 Å². The van der Waals surface area contributed by atoms with Crippen molar-refractivity contribution in [2.24, 2.45) is 4.99 Å². The van der Waals surface area contributed by atoms with E-state index >= 15 is 0 Å². The molecule has 5 rings (SSSR count). The van der Waals surface area contributed by atoms with Crippen molar-refractivity contribution in [3.05, 3.63) is 106 Å². The predicted octanol–water partition coefficient (Wildman–Crippen LogP) is 6.89. The standard InChI is InChI=1S/C28H21F5N2O4S2/c1-16(36)35(41(37,38)28(31,32)33)40-27-21-5-3-2-4-19(21)15-39-26-11-7-17(12-22(26)27)6-9-20-10-8-18-13-23(29)24(30)14-25(18)34-20/h2-9,11-14,25,27H,10,15H2,1H3. The van der Waals surface area contributed by atoms with Crippen LogP contribution in [0, 0.1) is 0 Å². The summed E-state index contributed by atoms with van der Waals surface area (Å²) in [7, 11) is -5.99. The van der Waals surface area contributed by atoms with Gasteiger partial charge in [0.15, 0.2) is 11.7 Å². The number of benzene rings is 2. The van der Waals surface area contributed by atoms with Gasteiger partial charge in [-0.05, 0) is 64.6 Å². The Bertz CT molecular complexity index is 1680. The van der Waals surface area contributed by atoms with Crippen LogP contribution in [0.2, 0.25) is 0 Å². The van der Waals surface area contributed by atoms with Crippen molar-refractivity contribution < 1.29 is 39.9 Å². The average Bonchev–Trinajstić information content (AvgIpc) is 3.06. The second kappa shape index (κ2) is 10.9. The molecule has 0 radical (unpaired) electrons. The Morgan fingerprint density at radius 1 is 1.10 bits per heavy atom. The molecule has 2 heterocycles. The van der Waals surface area contributed by atoms with Crippen LogP contribution in [0.5, 0.6) is 5.75 Å². The molecule has 3 aliphatic rings. The third-order valence-electron chi connectivity index (χ3n) is 6.49. The van der Waals surface area contributed by atoms with Crippen LogP contribution in [-0.2, 0) is 21.4 Å². The second-order valence-corrected chi connectivity index (χ2v) is 12.3. The number of hydrogen-bond acceptors (Lipinski definition) is 6. The predicted molar refractivity (Wildman–Crippen MR) is 145 cm³/mol. The topological polar surface area (TPSA) is 76.0 Å². The van der Waals surface area contributed by atoms with E-state index in [2.05, 4.69) is 4.99 Å². The summed E-state index contributed by atoms with van der Waals surface area (Å²) in [6.45, 7) is 0.825. The molecule has 1 aliphatic carbocycles. The van der Waals surface area contributed by atoms with Gasteiger partial charge in [-0.1, -0.05) is 42.5 Å². The monoisotopic (exact) mass is 608 g/mol. The zero-order chi connectivity index (χ0) is 29.5. The van der Waals surface area contributed by atoms with Gasteiger partial charge < -0.3 is 4.74 Å². The number of fused-ring (bicyclic) bond motifs is 3. The van der Waals surface area contributed by atoms with Gasteiger partial charge in [-0.25, -0.2) is 8.78 Å². The molecule has 0 spiro atoms.